The smallest absolute Gasteiger partial charge is 0.280 e. The van der Waals surface area contributed by atoms with Gasteiger partial charge < -0.3 is 15.1 Å². The number of carbonyl (C=O) groups is 2. The number of nitrogens with one attached hydrogen (secondary N) is 2. The molecular weight excluding hydrogens is 334 g/mol. The second-order valence-electron chi connectivity index (χ2n) is 6.48. The lowest BCUT2D eigenvalue weighted by Crippen LogP contribution is -3.12. The number of hydrogen-bond donors (Lipinski definition) is 2. The fourth-order valence-electron chi connectivity index (χ4n) is 2.54. The molecule has 1 heterocycles. The maximum absolute atomic E-state index is 12.6. The Morgan fingerprint density at radius 1 is 1.24 bits per heavy atom. The summed E-state index contributed by atoms with van der Waals surface area (Å²) in [5.74, 6) is -0.228. The summed E-state index contributed by atoms with van der Waals surface area (Å²) in [4.78, 5) is 27.3. The van der Waals surface area contributed by atoms with Gasteiger partial charge in [-0.2, -0.15) is 11.3 Å². The first-order valence-corrected chi connectivity index (χ1v) is 9.26. The van der Waals surface area contributed by atoms with E-state index in [0.29, 0.717) is 0 Å². The van der Waals surface area contributed by atoms with Gasteiger partial charge in [0.2, 0.25) is 5.91 Å². The summed E-state index contributed by atoms with van der Waals surface area (Å²) in [6.07, 6.45) is 0. The van der Waals surface area contributed by atoms with Crippen molar-refractivity contribution in [3.8, 4) is 0 Å². The maximum atomic E-state index is 12.6. The van der Waals surface area contributed by atoms with E-state index < -0.39 is 0 Å². The Kier molecular flexibility index (Phi) is 6.73. The van der Waals surface area contributed by atoms with Crippen molar-refractivity contribution in [2.45, 2.75) is 26.4 Å². The summed E-state index contributed by atoms with van der Waals surface area (Å²) in [6, 6.07) is 9.46. The second-order valence-corrected chi connectivity index (χ2v) is 7.26. The molecule has 2 N–H and O–H groups in total. The summed E-state index contributed by atoms with van der Waals surface area (Å²) in [5, 5.41) is 6.96. The van der Waals surface area contributed by atoms with Crippen LogP contribution in [0.15, 0.2) is 41.1 Å². The molecule has 0 fully saturated rings. The highest BCUT2D eigenvalue weighted by molar-refractivity contribution is 7.07. The van der Waals surface area contributed by atoms with Gasteiger partial charge in [-0.05, 0) is 42.8 Å². The number of anilines is 1. The number of nitrogens with zero attached hydrogens (tertiary/aromatic N) is 1. The molecule has 0 radical (unpaired) electrons. The van der Waals surface area contributed by atoms with E-state index >= 15 is 0 Å². The van der Waals surface area contributed by atoms with Crippen molar-refractivity contribution < 1.29 is 14.5 Å². The van der Waals surface area contributed by atoms with Gasteiger partial charge in [0.15, 0.2) is 6.04 Å². The monoisotopic (exact) mass is 360 g/mol. The van der Waals surface area contributed by atoms with Gasteiger partial charge in [0.1, 0.15) is 6.54 Å². The molecule has 0 aliphatic carbocycles. The minimum atomic E-state index is -0.211. The molecule has 0 bridgehead atoms. The zero-order valence-corrected chi connectivity index (χ0v) is 16.0. The number of aryl methyl sites for hydroxylation is 1. The third kappa shape index (κ3) is 5.69. The molecule has 134 valence electrons. The first-order chi connectivity index (χ1) is 11.9. The molecule has 25 heavy (non-hydrogen) atoms. The van der Waals surface area contributed by atoms with Gasteiger partial charge in [-0.1, -0.05) is 17.7 Å². The number of rotatable bonds is 7. The number of quaternary nitrogens is 1. The van der Waals surface area contributed by atoms with Gasteiger partial charge in [0.25, 0.3) is 5.91 Å². The molecular formula is C19H26N3O2S+. The van der Waals surface area contributed by atoms with Crippen LogP contribution in [-0.2, 0) is 16.1 Å². The predicted octanol–water partition coefficient (Wildman–Crippen LogP) is 1.56. The lowest BCUT2D eigenvalue weighted by atomic mass is 10.2. The van der Waals surface area contributed by atoms with Crippen molar-refractivity contribution in [2.24, 2.45) is 0 Å². The van der Waals surface area contributed by atoms with Crippen LogP contribution in [0, 0.1) is 6.92 Å². The Balaban J connectivity index is 1.85. The highest BCUT2D eigenvalue weighted by Crippen LogP contribution is 2.08. The molecule has 2 rings (SSSR count). The Morgan fingerprint density at radius 3 is 2.52 bits per heavy atom. The number of hydrogen-bond acceptors (Lipinski definition) is 3. The van der Waals surface area contributed by atoms with Gasteiger partial charge in [0.05, 0.1) is 13.6 Å². The highest BCUT2D eigenvalue weighted by Gasteiger charge is 2.26. The third-order valence-corrected chi connectivity index (χ3v) is 5.00. The van der Waals surface area contributed by atoms with Gasteiger partial charge >= 0.3 is 0 Å². The standard InChI is InChI=1S/C19H25N3O2S/c1-14-5-7-17(8-6-14)20-18(23)12-22(4)19(24)15(2)21(3)11-16-9-10-25-13-16/h5-10,13,15H,11-12H2,1-4H3,(H,20,23)/p+1/t15-/m0/s1. The van der Waals surface area contributed by atoms with Crippen LogP contribution >= 0.6 is 11.3 Å². The van der Waals surface area contributed by atoms with Crippen LogP contribution in [0.5, 0.6) is 0 Å². The Labute approximate surface area is 153 Å². The number of thiophene rings is 1. The molecule has 0 aliphatic rings. The average Bonchev–Trinajstić information content (AvgIpc) is 3.08. The quantitative estimate of drug-likeness (QED) is 0.787. The lowest BCUT2D eigenvalue weighted by Gasteiger charge is -2.25. The van der Waals surface area contributed by atoms with E-state index in [-0.39, 0.29) is 24.4 Å². The molecule has 1 aromatic carbocycles. The van der Waals surface area contributed by atoms with Gasteiger partial charge in [-0.25, -0.2) is 0 Å². The fourth-order valence-corrected chi connectivity index (χ4v) is 3.21. The summed E-state index contributed by atoms with van der Waals surface area (Å²) in [7, 11) is 3.67. The second kappa shape index (κ2) is 8.78. The molecule has 0 aliphatic heterocycles. The van der Waals surface area contributed by atoms with Crippen molar-refractivity contribution in [3.05, 3.63) is 52.2 Å². The number of likely N-dealkylation sites (N-methyl/N-ethyl adjacent to an activating group) is 2. The summed E-state index contributed by atoms with van der Waals surface area (Å²) in [5.41, 5.74) is 3.10. The Bertz CT molecular complexity index is 698. The van der Waals surface area contributed by atoms with Crippen molar-refractivity contribution in [3.63, 3.8) is 0 Å². The molecule has 2 aromatic rings. The summed E-state index contributed by atoms with van der Waals surface area (Å²) in [6.45, 7) is 4.73. The minimum absolute atomic E-state index is 0.0354. The fraction of sp³-hybridized carbons (Fsp3) is 0.368. The predicted molar refractivity (Wildman–Crippen MR) is 102 cm³/mol. The average molecular weight is 361 g/mol. The normalized spacial score (nSPS) is 13.1. The molecule has 5 nitrogen and oxygen atoms in total. The molecule has 0 saturated carbocycles. The van der Waals surface area contributed by atoms with Crippen LogP contribution in [0.2, 0.25) is 0 Å². The molecule has 6 heteroatoms. The summed E-state index contributed by atoms with van der Waals surface area (Å²) < 4.78 is 0. The Hall–Kier alpha value is -2.18. The summed E-state index contributed by atoms with van der Waals surface area (Å²) >= 11 is 1.66. The topological polar surface area (TPSA) is 53.9 Å². The van der Waals surface area contributed by atoms with E-state index in [0.717, 1.165) is 22.7 Å². The molecule has 0 saturated heterocycles. The van der Waals surface area contributed by atoms with E-state index in [9.17, 15) is 9.59 Å². The van der Waals surface area contributed by atoms with Crippen LogP contribution in [0.3, 0.4) is 0 Å². The highest BCUT2D eigenvalue weighted by atomic mass is 32.1. The minimum Gasteiger partial charge on any atom is -0.331 e. The zero-order chi connectivity index (χ0) is 18.4. The van der Waals surface area contributed by atoms with Crippen LogP contribution < -0.4 is 10.2 Å². The number of benzene rings is 1. The molecule has 2 atom stereocenters. The van der Waals surface area contributed by atoms with Crippen LogP contribution in [0.1, 0.15) is 18.1 Å². The van der Waals surface area contributed by atoms with Crippen molar-refractivity contribution >= 4 is 28.8 Å². The van der Waals surface area contributed by atoms with Gasteiger partial charge in [-0.15, -0.1) is 0 Å². The molecule has 1 unspecified atom stereocenters. The zero-order valence-electron chi connectivity index (χ0n) is 15.2. The Morgan fingerprint density at radius 2 is 1.92 bits per heavy atom. The molecule has 1 aromatic heterocycles. The third-order valence-electron chi connectivity index (χ3n) is 4.27. The van der Waals surface area contributed by atoms with Crippen LogP contribution in [0.25, 0.3) is 0 Å². The van der Waals surface area contributed by atoms with E-state index in [1.165, 1.54) is 10.5 Å². The van der Waals surface area contributed by atoms with Crippen molar-refractivity contribution in [1.82, 2.24) is 4.90 Å². The number of carbonyl (C=O) groups excluding carboxylic acids is 2. The van der Waals surface area contributed by atoms with Crippen molar-refractivity contribution in [1.29, 1.82) is 0 Å². The molecule has 2 amide bonds. The first kappa shape index (κ1) is 19.1. The lowest BCUT2D eigenvalue weighted by molar-refractivity contribution is -0.908. The van der Waals surface area contributed by atoms with E-state index in [1.807, 2.05) is 50.5 Å². The maximum Gasteiger partial charge on any atom is 0.280 e. The molecule has 0 spiro atoms. The van der Waals surface area contributed by atoms with Crippen LogP contribution in [0.4, 0.5) is 5.69 Å². The van der Waals surface area contributed by atoms with Gasteiger partial charge in [-0.3, -0.25) is 9.59 Å². The largest absolute Gasteiger partial charge is 0.331 e. The SMILES string of the molecule is Cc1ccc(NC(=O)CN(C)C(=O)[C@H](C)[NH+](C)Cc2ccsc2)cc1. The van der Waals surface area contributed by atoms with Crippen molar-refractivity contribution in [2.75, 3.05) is 26.0 Å². The number of amides is 2. The first-order valence-electron chi connectivity index (χ1n) is 8.31. The van der Waals surface area contributed by atoms with Gasteiger partial charge in [0, 0.05) is 18.3 Å². The van der Waals surface area contributed by atoms with E-state index in [4.69, 9.17) is 0 Å². The van der Waals surface area contributed by atoms with Crippen LogP contribution in [-0.4, -0.2) is 43.4 Å². The van der Waals surface area contributed by atoms with E-state index in [2.05, 4.69) is 16.8 Å². The van der Waals surface area contributed by atoms with E-state index in [1.54, 1.807) is 18.4 Å².